The highest BCUT2D eigenvalue weighted by Crippen LogP contribution is 2.29. The molecule has 0 aliphatic heterocycles. The lowest BCUT2D eigenvalue weighted by Crippen LogP contribution is -2.43. The van der Waals surface area contributed by atoms with Crippen LogP contribution < -0.4 is 10.1 Å². The maximum atomic E-state index is 12.6. The summed E-state index contributed by atoms with van der Waals surface area (Å²) in [5, 5.41) is 3.35. The van der Waals surface area contributed by atoms with Gasteiger partial charge in [0, 0.05) is 12.3 Å². The Morgan fingerprint density at radius 1 is 1.32 bits per heavy atom. The van der Waals surface area contributed by atoms with Crippen LogP contribution in [0.5, 0.6) is 5.75 Å². The summed E-state index contributed by atoms with van der Waals surface area (Å²) in [6, 6.07) is 5.21. The Balaban J connectivity index is 2.87. The standard InChI is InChI=1S/C17H26ClNO3/c1-6-21-15-9-8-13(10-14(15)18)19-16(20)17(5,22-7-2)11-12(3)4/h8-10,12H,6-7,11H2,1-5H3,(H,19,20). The van der Waals surface area contributed by atoms with Gasteiger partial charge in [-0.15, -0.1) is 0 Å². The summed E-state index contributed by atoms with van der Waals surface area (Å²) in [7, 11) is 0. The average molecular weight is 328 g/mol. The quantitative estimate of drug-likeness (QED) is 0.763. The minimum atomic E-state index is -0.853. The first-order chi connectivity index (χ1) is 10.3. The first-order valence-corrected chi connectivity index (χ1v) is 8.08. The van der Waals surface area contributed by atoms with E-state index in [1.165, 1.54) is 0 Å². The van der Waals surface area contributed by atoms with Gasteiger partial charge in [-0.1, -0.05) is 25.4 Å². The lowest BCUT2D eigenvalue weighted by atomic mass is 9.93. The molecular formula is C17H26ClNO3. The molecule has 22 heavy (non-hydrogen) atoms. The van der Waals surface area contributed by atoms with E-state index in [1.807, 2.05) is 20.8 Å². The molecule has 0 saturated carbocycles. The number of carbonyl (C=O) groups is 1. The molecule has 0 saturated heterocycles. The molecule has 1 amide bonds. The summed E-state index contributed by atoms with van der Waals surface area (Å²) in [4.78, 5) is 12.6. The summed E-state index contributed by atoms with van der Waals surface area (Å²) in [5.74, 6) is 0.798. The topological polar surface area (TPSA) is 47.6 Å². The number of carbonyl (C=O) groups excluding carboxylic acids is 1. The van der Waals surface area contributed by atoms with Crippen LogP contribution in [0.3, 0.4) is 0 Å². The predicted molar refractivity (Wildman–Crippen MR) is 90.7 cm³/mol. The first kappa shape index (κ1) is 18.8. The van der Waals surface area contributed by atoms with Crippen LogP contribution in [0.2, 0.25) is 5.02 Å². The highest BCUT2D eigenvalue weighted by molar-refractivity contribution is 6.32. The van der Waals surface area contributed by atoms with E-state index in [4.69, 9.17) is 21.1 Å². The van der Waals surface area contributed by atoms with Crippen molar-refractivity contribution in [3.63, 3.8) is 0 Å². The fraction of sp³-hybridized carbons (Fsp3) is 0.588. The van der Waals surface area contributed by atoms with Gasteiger partial charge in [-0.05, 0) is 51.3 Å². The van der Waals surface area contributed by atoms with E-state index in [2.05, 4.69) is 19.2 Å². The van der Waals surface area contributed by atoms with Crippen molar-refractivity contribution in [3.05, 3.63) is 23.2 Å². The Kier molecular flexibility index (Phi) is 7.17. The molecule has 124 valence electrons. The normalized spacial score (nSPS) is 13.8. The number of hydrogen-bond donors (Lipinski definition) is 1. The van der Waals surface area contributed by atoms with Crippen molar-refractivity contribution in [2.75, 3.05) is 18.5 Å². The second-order valence-electron chi connectivity index (χ2n) is 5.79. The molecule has 1 N–H and O–H groups in total. The number of halogens is 1. The third-order valence-corrected chi connectivity index (χ3v) is 3.53. The highest BCUT2D eigenvalue weighted by Gasteiger charge is 2.34. The third-order valence-electron chi connectivity index (χ3n) is 3.23. The molecule has 0 radical (unpaired) electrons. The molecular weight excluding hydrogens is 302 g/mol. The van der Waals surface area contributed by atoms with Crippen LogP contribution in [0, 0.1) is 5.92 Å². The van der Waals surface area contributed by atoms with Gasteiger partial charge in [0.2, 0.25) is 0 Å². The van der Waals surface area contributed by atoms with E-state index in [9.17, 15) is 4.79 Å². The average Bonchev–Trinajstić information content (AvgIpc) is 2.41. The van der Waals surface area contributed by atoms with Gasteiger partial charge in [0.1, 0.15) is 11.4 Å². The summed E-state index contributed by atoms with van der Waals surface area (Å²) in [6.45, 7) is 10.8. The summed E-state index contributed by atoms with van der Waals surface area (Å²) in [5.41, 5.74) is -0.221. The van der Waals surface area contributed by atoms with E-state index < -0.39 is 5.60 Å². The zero-order chi connectivity index (χ0) is 16.8. The second-order valence-corrected chi connectivity index (χ2v) is 6.20. The molecule has 0 aromatic heterocycles. The van der Waals surface area contributed by atoms with Gasteiger partial charge in [-0.3, -0.25) is 4.79 Å². The fourth-order valence-corrected chi connectivity index (χ4v) is 2.66. The molecule has 1 aromatic rings. The van der Waals surface area contributed by atoms with Gasteiger partial charge in [0.15, 0.2) is 0 Å². The Labute approximate surface area is 138 Å². The van der Waals surface area contributed by atoms with E-state index in [0.717, 1.165) is 0 Å². The Bertz CT molecular complexity index is 505. The third kappa shape index (κ3) is 5.18. The van der Waals surface area contributed by atoms with Crippen molar-refractivity contribution < 1.29 is 14.3 Å². The Hall–Kier alpha value is -1.26. The molecule has 0 heterocycles. The number of hydrogen-bond acceptors (Lipinski definition) is 3. The zero-order valence-electron chi connectivity index (χ0n) is 14.0. The molecule has 0 aliphatic rings. The Morgan fingerprint density at radius 3 is 2.50 bits per heavy atom. The van der Waals surface area contributed by atoms with Gasteiger partial charge in [0.25, 0.3) is 5.91 Å². The maximum absolute atomic E-state index is 12.6. The van der Waals surface area contributed by atoms with Crippen LogP contribution in [-0.4, -0.2) is 24.7 Å². The molecule has 0 fully saturated rings. The van der Waals surface area contributed by atoms with Gasteiger partial charge in [0.05, 0.1) is 11.6 Å². The summed E-state index contributed by atoms with van der Waals surface area (Å²) >= 11 is 6.14. The number of benzene rings is 1. The molecule has 1 rings (SSSR count). The van der Waals surface area contributed by atoms with Crippen molar-refractivity contribution in [1.29, 1.82) is 0 Å². The van der Waals surface area contributed by atoms with E-state index in [-0.39, 0.29) is 5.91 Å². The number of ether oxygens (including phenoxy) is 2. The lowest BCUT2D eigenvalue weighted by Gasteiger charge is -2.30. The van der Waals surface area contributed by atoms with Crippen LogP contribution in [0.1, 0.15) is 41.0 Å². The van der Waals surface area contributed by atoms with Gasteiger partial charge < -0.3 is 14.8 Å². The van der Waals surface area contributed by atoms with Gasteiger partial charge in [-0.2, -0.15) is 0 Å². The van der Waals surface area contributed by atoms with E-state index in [1.54, 1.807) is 18.2 Å². The first-order valence-electron chi connectivity index (χ1n) is 7.70. The Morgan fingerprint density at radius 2 is 2.00 bits per heavy atom. The fourth-order valence-electron chi connectivity index (χ4n) is 2.43. The molecule has 0 bridgehead atoms. The molecule has 1 atom stereocenters. The number of rotatable bonds is 8. The van der Waals surface area contributed by atoms with Crippen LogP contribution in [0.4, 0.5) is 5.69 Å². The molecule has 1 aromatic carbocycles. The minimum absolute atomic E-state index is 0.164. The van der Waals surface area contributed by atoms with Crippen molar-refractivity contribution in [1.82, 2.24) is 0 Å². The second kappa shape index (κ2) is 8.39. The summed E-state index contributed by atoms with van der Waals surface area (Å²) < 4.78 is 11.1. The van der Waals surface area contributed by atoms with Crippen LogP contribution in [0.15, 0.2) is 18.2 Å². The smallest absolute Gasteiger partial charge is 0.256 e. The molecule has 0 spiro atoms. The number of nitrogens with one attached hydrogen (secondary N) is 1. The molecule has 1 unspecified atom stereocenters. The van der Waals surface area contributed by atoms with E-state index >= 15 is 0 Å². The zero-order valence-corrected chi connectivity index (χ0v) is 14.8. The highest BCUT2D eigenvalue weighted by atomic mass is 35.5. The predicted octanol–water partition coefficient (Wildman–Crippen LogP) is 4.52. The van der Waals surface area contributed by atoms with Crippen LogP contribution >= 0.6 is 11.6 Å². The van der Waals surface area contributed by atoms with E-state index in [0.29, 0.717) is 42.0 Å². The largest absolute Gasteiger partial charge is 0.492 e. The molecule has 4 nitrogen and oxygen atoms in total. The van der Waals surface area contributed by atoms with Crippen molar-refractivity contribution in [2.45, 2.75) is 46.6 Å². The summed E-state index contributed by atoms with van der Waals surface area (Å²) in [6.07, 6.45) is 0.650. The molecule has 0 aliphatic carbocycles. The lowest BCUT2D eigenvalue weighted by molar-refractivity contribution is -0.140. The minimum Gasteiger partial charge on any atom is -0.492 e. The number of amides is 1. The van der Waals surface area contributed by atoms with Crippen molar-refractivity contribution in [3.8, 4) is 5.75 Å². The van der Waals surface area contributed by atoms with Crippen molar-refractivity contribution in [2.24, 2.45) is 5.92 Å². The SMILES string of the molecule is CCOc1ccc(NC(=O)C(C)(CC(C)C)OCC)cc1Cl. The monoisotopic (exact) mass is 327 g/mol. The molecule has 5 heteroatoms. The van der Waals surface area contributed by atoms with Crippen LogP contribution in [-0.2, 0) is 9.53 Å². The maximum Gasteiger partial charge on any atom is 0.256 e. The number of anilines is 1. The van der Waals surface area contributed by atoms with Gasteiger partial charge >= 0.3 is 0 Å². The van der Waals surface area contributed by atoms with Gasteiger partial charge in [-0.25, -0.2) is 0 Å². The van der Waals surface area contributed by atoms with Crippen LogP contribution in [0.25, 0.3) is 0 Å². The van der Waals surface area contributed by atoms with Crippen molar-refractivity contribution >= 4 is 23.2 Å².